The second kappa shape index (κ2) is 7.50. The number of nitrogens with one attached hydrogen (secondary N) is 1. The lowest BCUT2D eigenvalue weighted by Gasteiger charge is -2.37. The average Bonchev–Trinajstić information content (AvgIpc) is 2.93. The van der Waals surface area contributed by atoms with Gasteiger partial charge in [-0.15, -0.1) is 0 Å². The highest BCUT2D eigenvalue weighted by Crippen LogP contribution is 2.27. The minimum Gasteiger partial charge on any atom is -0.391 e. The summed E-state index contributed by atoms with van der Waals surface area (Å²) in [5, 5.41) is 15.1. The van der Waals surface area contributed by atoms with Crippen LogP contribution in [-0.4, -0.2) is 41.3 Å². The van der Waals surface area contributed by atoms with Crippen LogP contribution < -0.4 is 5.32 Å². The molecule has 2 fully saturated rings. The van der Waals surface area contributed by atoms with Crippen LogP contribution in [0, 0.1) is 0 Å². The third kappa shape index (κ3) is 3.77. The standard InChI is InChI=1S/C17H24Cl2N2O/c18-14-3-1-4-15(19)13(14)11-20-12-7-9-21(10-8-12)16-5-2-6-17(16)22/h1,3-4,12,16-17,20,22H,2,5-11H2/t16-,17-/m1/s1. The van der Waals surface area contributed by atoms with E-state index in [1.807, 2.05) is 18.2 Å². The Hall–Kier alpha value is -0.320. The molecule has 2 atom stereocenters. The maximum Gasteiger partial charge on any atom is 0.0695 e. The number of aliphatic hydroxyl groups excluding tert-OH is 1. The summed E-state index contributed by atoms with van der Waals surface area (Å²) in [6.45, 7) is 2.85. The van der Waals surface area contributed by atoms with Crippen molar-refractivity contribution < 1.29 is 5.11 Å². The zero-order valence-corrected chi connectivity index (χ0v) is 14.3. The van der Waals surface area contributed by atoms with Gasteiger partial charge in [-0.25, -0.2) is 0 Å². The number of halogens is 2. The molecule has 1 saturated carbocycles. The molecule has 0 amide bonds. The normalized spacial score (nSPS) is 27.4. The Labute approximate surface area is 142 Å². The lowest BCUT2D eigenvalue weighted by molar-refractivity contribution is 0.0526. The molecule has 1 aromatic carbocycles. The summed E-state index contributed by atoms with van der Waals surface area (Å²) < 4.78 is 0. The Morgan fingerprint density at radius 1 is 1.09 bits per heavy atom. The Bertz CT molecular complexity index is 483. The molecule has 0 bridgehead atoms. The van der Waals surface area contributed by atoms with E-state index in [9.17, 15) is 5.11 Å². The number of benzene rings is 1. The number of hydrogen-bond acceptors (Lipinski definition) is 3. The maximum absolute atomic E-state index is 10.0. The molecule has 3 rings (SSSR count). The quantitative estimate of drug-likeness (QED) is 0.879. The Morgan fingerprint density at radius 2 is 1.77 bits per heavy atom. The minimum absolute atomic E-state index is 0.119. The fourth-order valence-corrected chi connectivity index (χ4v) is 4.26. The van der Waals surface area contributed by atoms with E-state index in [-0.39, 0.29) is 6.10 Å². The fraction of sp³-hybridized carbons (Fsp3) is 0.647. The second-order valence-corrected chi connectivity index (χ2v) is 7.27. The SMILES string of the molecule is O[C@@H]1CCC[C@H]1N1CCC(NCc2c(Cl)cccc2Cl)CC1. The van der Waals surface area contributed by atoms with Gasteiger partial charge >= 0.3 is 0 Å². The molecule has 1 heterocycles. The van der Waals surface area contributed by atoms with Crippen LogP contribution in [0.3, 0.4) is 0 Å². The number of likely N-dealkylation sites (tertiary alicyclic amines) is 1. The van der Waals surface area contributed by atoms with Crippen molar-refractivity contribution in [1.29, 1.82) is 0 Å². The van der Waals surface area contributed by atoms with Crippen molar-refractivity contribution in [2.45, 2.75) is 56.8 Å². The van der Waals surface area contributed by atoms with Crippen molar-refractivity contribution in [2.75, 3.05) is 13.1 Å². The monoisotopic (exact) mass is 342 g/mol. The molecule has 1 saturated heterocycles. The molecule has 3 nitrogen and oxygen atoms in total. The van der Waals surface area contributed by atoms with Gasteiger partial charge in [0.05, 0.1) is 6.10 Å². The van der Waals surface area contributed by atoms with Crippen molar-refractivity contribution in [2.24, 2.45) is 0 Å². The molecular formula is C17H24Cl2N2O. The van der Waals surface area contributed by atoms with E-state index in [1.54, 1.807) is 0 Å². The van der Waals surface area contributed by atoms with E-state index in [0.717, 1.165) is 67.3 Å². The summed E-state index contributed by atoms with van der Waals surface area (Å²) in [5.74, 6) is 0. The topological polar surface area (TPSA) is 35.5 Å². The van der Waals surface area contributed by atoms with Crippen molar-refractivity contribution in [1.82, 2.24) is 10.2 Å². The molecule has 2 aliphatic rings. The number of piperidine rings is 1. The van der Waals surface area contributed by atoms with Crippen LogP contribution in [-0.2, 0) is 6.54 Å². The lowest BCUT2D eigenvalue weighted by atomic mass is 10.0. The fourth-order valence-electron chi connectivity index (χ4n) is 3.73. The van der Waals surface area contributed by atoms with Crippen LogP contribution in [0.1, 0.15) is 37.7 Å². The van der Waals surface area contributed by atoms with E-state index < -0.39 is 0 Å². The maximum atomic E-state index is 10.0. The minimum atomic E-state index is -0.119. The zero-order chi connectivity index (χ0) is 15.5. The largest absolute Gasteiger partial charge is 0.391 e. The predicted octanol–water partition coefficient (Wildman–Crippen LogP) is 3.46. The van der Waals surface area contributed by atoms with Crippen LogP contribution in [0.2, 0.25) is 10.0 Å². The summed E-state index contributed by atoms with van der Waals surface area (Å²) in [7, 11) is 0. The summed E-state index contributed by atoms with van der Waals surface area (Å²) >= 11 is 12.4. The lowest BCUT2D eigenvalue weighted by Crippen LogP contribution is -2.48. The van der Waals surface area contributed by atoms with Crippen LogP contribution in [0.5, 0.6) is 0 Å². The molecule has 5 heteroatoms. The first-order chi connectivity index (χ1) is 10.6. The zero-order valence-electron chi connectivity index (χ0n) is 12.8. The van der Waals surface area contributed by atoms with Gasteiger partial charge in [-0.1, -0.05) is 29.3 Å². The van der Waals surface area contributed by atoms with Crippen LogP contribution in [0.25, 0.3) is 0 Å². The van der Waals surface area contributed by atoms with E-state index in [0.29, 0.717) is 12.1 Å². The van der Waals surface area contributed by atoms with Gasteiger partial charge in [0.2, 0.25) is 0 Å². The highest BCUT2D eigenvalue weighted by Gasteiger charge is 2.32. The molecule has 0 unspecified atom stereocenters. The highest BCUT2D eigenvalue weighted by molar-refractivity contribution is 6.35. The van der Waals surface area contributed by atoms with Crippen molar-refractivity contribution in [3.8, 4) is 0 Å². The third-order valence-electron chi connectivity index (χ3n) is 5.07. The van der Waals surface area contributed by atoms with Gasteiger partial charge in [0.15, 0.2) is 0 Å². The van der Waals surface area contributed by atoms with E-state index >= 15 is 0 Å². The molecule has 1 aliphatic heterocycles. The number of rotatable bonds is 4. The number of aliphatic hydroxyl groups is 1. The predicted molar refractivity (Wildman–Crippen MR) is 91.5 cm³/mol. The molecular weight excluding hydrogens is 319 g/mol. The van der Waals surface area contributed by atoms with Gasteiger partial charge in [0.1, 0.15) is 0 Å². The molecule has 122 valence electrons. The first-order valence-electron chi connectivity index (χ1n) is 8.23. The van der Waals surface area contributed by atoms with Crippen LogP contribution >= 0.6 is 23.2 Å². The smallest absolute Gasteiger partial charge is 0.0695 e. The van der Waals surface area contributed by atoms with Gasteiger partial charge in [-0.2, -0.15) is 0 Å². The highest BCUT2D eigenvalue weighted by atomic mass is 35.5. The van der Waals surface area contributed by atoms with Crippen molar-refractivity contribution >= 4 is 23.2 Å². The molecule has 1 aromatic rings. The van der Waals surface area contributed by atoms with E-state index in [2.05, 4.69) is 10.2 Å². The van der Waals surface area contributed by atoms with E-state index in [1.165, 1.54) is 0 Å². The van der Waals surface area contributed by atoms with Gasteiger partial charge in [-0.3, -0.25) is 4.90 Å². The second-order valence-electron chi connectivity index (χ2n) is 6.46. The summed E-state index contributed by atoms with van der Waals surface area (Å²) in [4.78, 5) is 2.47. The average molecular weight is 343 g/mol. The third-order valence-corrected chi connectivity index (χ3v) is 5.78. The van der Waals surface area contributed by atoms with Gasteiger partial charge in [0, 0.05) is 47.3 Å². The molecule has 0 aromatic heterocycles. The summed E-state index contributed by atoms with van der Waals surface area (Å²) in [6.07, 6.45) is 5.39. The molecule has 0 spiro atoms. The first kappa shape index (κ1) is 16.5. The molecule has 22 heavy (non-hydrogen) atoms. The summed E-state index contributed by atoms with van der Waals surface area (Å²) in [6, 6.07) is 6.53. The Kier molecular flexibility index (Phi) is 5.64. The molecule has 1 aliphatic carbocycles. The molecule has 0 radical (unpaired) electrons. The van der Waals surface area contributed by atoms with Gasteiger partial charge in [0.25, 0.3) is 0 Å². The van der Waals surface area contributed by atoms with Gasteiger partial charge in [-0.05, 0) is 44.2 Å². The Morgan fingerprint density at radius 3 is 2.36 bits per heavy atom. The summed E-state index contributed by atoms with van der Waals surface area (Å²) in [5.41, 5.74) is 0.986. The molecule has 2 N–H and O–H groups in total. The Balaban J connectivity index is 1.48. The number of nitrogens with zero attached hydrogens (tertiary/aromatic N) is 1. The van der Waals surface area contributed by atoms with Crippen molar-refractivity contribution in [3.63, 3.8) is 0 Å². The van der Waals surface area contributed by atoms with Crippen molar-refractivity contribution in [3.05, 3.63) is 33.8 Å². The van der Waals surface area contributed by atoms with Gasteiger partial charge < -0.3 is 10.4 Å². The van der Waals surface area contributed by atoms with E-state index in [4.69, 9.17) is 23.2 Å². The van der Waals surface area contributed by atoms with Crippen LogP contribution in [0.15, 0.2) is 18.2 Å². The van der Waals surface area contributed by atoms with Crippen LogP contribution in [0.4, 0.5) is 0 Å². The number of hydrogen-bond donors (Lipinski definition) is 2. The first-order valence-corrected chi connectivity index (χ1v) is 8.99.